The van der Waals surface area contributed by atoms with Gasteiger partial charge in [0.25, 0.3) is 11.6 Å². The van der Waals surface area contributed by atoms with Crippen LogP contribution in [-0.4, -0.2) is 45.5 Å². The van der Waals surface area contributed by atoms with Crippen molar-refractivity contribution in [2.24, 2.45) is 5.92 Å². The SMILES string of the molecule is Nc1cc(C(=O)N2CCC(CCO)C2)c([N+](=O)[O-])cn1. The number of aromatic nitrogens is 1. The number of hydrogen-bond donors (Lipinski definition) is 2. The summed E-state index contributed by atoms with van der Waals surface area (Å²) in [6.07, 6.45) is 2.43. The summed E-state index contributed by atoms with van der Waals surface area (Å²) in [5.74, 6) is -0.0986. The molecule has 1 aliphatic rings. The Balaban J connectivity index is 2.21. The van der Waals surface area contributed by atoms with Crippen molar-refractivity contribution in [3.8, 4) is 0 Å². The smallest absolute Gasteiger partial charge is 0.300 e. The fourth-order valence-electron chi connectivity index (χ4n) is 2.39. The topological polar surface area (TPSA) is 123 Å². The van der Waals surface area contributed by atoms with Crippen LogP contribution >= 0.6 is 0 Å². The lowest BCUT2D eigenvalue weighted by atomic mass is 10.1. The zero-order valence-electron chi connectivity index (χ0n) is 10.9. The first kappa shape index (κ1) is 14.2. The van der Waals surface area contributed by atoms with Gasteiger partial charge in [-0.1, -0.05) is 0 Å². The Labute approximate surface area is 115 Å². The Morgan fingerprint density at radius 3 is 3.05 bits per heavy atom. The quantitative estimate of drug-likeness (QED) is 0.608. The highest BCUT2D eigenvalue weighted by molar-refractivity contribution is 5.98. The number of pyridine rings is 1. The van der Waals surface area contributed by atoms with Crippen molar-refractivity contribution >= 4 is 17.4 Å². The van der Waals surface area contributed by atoms with Gasteiger partial charge in [0, 0.05) is 19.7 Å². The highest BCUT2D eigenvalue weighted by Gasteiger charge is 2.30. The summed E-state index contributed by atoms with van der Waals surface area (Å²) in [6.45, 7) is 1.11. The van der Waals surface area contributed by atoms with E-state index in [9.17, 15) is 14.9 Å². The first-order valence-electron chi connectivity index (χ1n) is 6.33. The average molecular weight is 280 g/mol. The normalized spacial score (nSPS) is 18.2. The third-order valence-corrected chi connectivity index (χ3v) is 3.44. The first-order valence-corrected chi connectivity index (χ1v) is 6.33. The van der Waals surface area contributed by atoms with Crippen LogP contribution < -0.4 is 5.73 Å². The van der Waals surface area contributed by atoms with E-state index in [1.54, 1.807) is 4.90 Å². The zero-order chi connectivity index (χ0) is 14.7. The van der Waals surface area contributed by atoms with Crippen LogP contribution in [0.15, 0.2) is 12.3 Å². The summed E-state index contributed by atoms with van der Waals surface area (Å²) in [5, 5.41) is 19.8. The van der Waals surface area contributed by atoms with Gasteiger partial charge in [0.2, 0.25) is 0 Å². The third-order valence-electron chi connectivity index (χ3n) is 3.44. The van der Waals surface area contributed by atoms with Gasteiger partial charge in [0.05, 0.1) is 4.92 Å². The second-order valence-corrected chi connectivity index (χ2v) is 4.80. The minimum absolute atomic E-state index is 0.0350. The molecule has 1 saturated heterocycles. The fraction of sp³-hybridized carbons (Fsp3) is 0.500. The molecule has 1 fully saturated rings. The van der Waals surface area contributed by atoms with Gasteiger partial charge >= 0.3 is 0 Å². The molecule has 8 heteroatoms. The molecule has 1 amide bonds. The number of amides is 1. The second-order valence-electron chi connectivity index (χ2n) is 4.80. The number of anilines is 1. The Kier molecular flexibility index (Phi) is 4.14. The lowest BCUT2D eigenvalue weighted by molar-refractivity contribution is -0.385. The Morgan fingerprint density at radius 2 is 2.40 bits per heavy atom. The van der Waals surface area contributed by atoms with Crippen LogP contribution in [0.3, 0.4) is 0 Å². The average Bonchev–Trinajstić information content (AvgIpc) is 2.86. The molecule has 1 atom stereocenters. The summed E-state index contributed by atoms with van der Waals surface area (Å²) in [5.41, 5.74) is 5.13. The number of nitrogens with zero attached hydrogens (tertiary/aromatic N) is 3. The van der Waals surface area contributed by atoms with Crippen LogP contribution in [-0.2, 0) is 0 Å². The van der Waals surface area contributed by atoms with Gasteiger partial charge in [-0.2, -0.15) is 0 Å². The summed E-state index contributed by atoms with van der Waals surface area (Å²) in [7, 11) is 0. The van der Waals surface area contributed by atoms with Gasteiger partial charge in [-0.05, 0) is 24.8 Å². The summed E-state index contributed by atoms with van der Waals surface area (Å²) in [6, 6.07) is 1.24. The van der Waals surface area contributed by atoms with Crippen LogP contribution in [0.5, 0.6) is 0 Å². The molecule has 20 heavy (non-hydrogen) atoms. The monoisotopic (exact) mass is 280 g/mol. The maximum absolute atomic E-state index is 12.3. The van der Waals surface area contributed by atoms with E-state index in [-0.39, 0.29) is 29.6 Å². The van der Waals surface area contributed by atoms with Crippen LogP contribution in [0, 0.1) is 16.0 Å². The molecule has 0 bridgehead atoms. The maximum atomic E-state index is 12.3. The molecule has 1 aromatic rings. The lowest BCUT2D eigenvalue weighted by Gasteiger charge is -2.16. The van der Waals surface area contributed by atoms with Gasteiger partial charge in [-0.15, -0.1) is 0 Å². The zero-order valence-corrected chi connectivity index (χ0v) is 10.9. The highest BCUT2D eigenvalue weighted by Crippen LogP contribution is 2.25. The van der Waals surface area contributed by atoms with Crippen LogP contribution in [0.1, 0.15) is 23.2 Å². The molecular weight excluding hydrogens is 264 g/mol. The molecule has 1 unspecified atom stereocenters. The minimum Gasteiger partial charge on any atom is -0.396 e. The number of carbonyl (C=O) groups excluding carboxylic acids is 1. The van der Waals surface area contributed by atoms with E-state index in [0.29, 0.717) is 19.5 Å². The van der Waals surface area contributed by atoms with Crippen LogP contribution in [0.2, 0.25) is 0 Å². The molecule has 2 rings (SSSR count). The number of aliphatic hydroxyl groups excluding tert-OH is 1. The lowest BCUT2D eigenvalue weighted by Crippen LogP contribution is -2.29. The number of carbonyl (C=O) groups is 1. The van der Waals surface area contributed by atoms with E-state index in [4.69, 9.17) is 10.8 Å². The number of nitrogens with two attached hydrogens (primary N) is 1. The molecule has 1 aromatic heterocycles. The van der Waals surface area contributed by atoms with E-state index in [1.165, 1.54) is 6.07 Å². The van der Waals surface area contributed by atoms with E-state index < -0.39 is 10.8 Å². The largest absolute Gasteiger partial charge is 0.396 e. The molecular formula is C12H16N4O4. The maximum Gasteiger partial charge on any atom is 0.300 e. The van der Waals surface area contributed by atoms with Gasteiger partial charge in [-0.3, -0.25) is 14.9 Å². The van der Waals surface area contributed by atoms with Gasteiger partial charge in [-0.25, -0.2) is 4.98 Å². The Bertz CT molecular complexity index is 534. The molecule has 0 radical (unpaired) electrons. The molecule has 0 aromatic carbocycles. The highest BCUT2D eigenvalue weighted by atomic mass is 16.6. The van der Waals surface area contributed by atoms with Crippen LogP contribution in [0.25, 0.3) is 0 Å². The number of nitro groups is 1. The molecule has 3 N–H and O–H groups in total. The Morgan fingerprint density at radius 1 is 1.65 bits per heavy atom. The van der Waals surface area contributed by atoms with Gasteiger partial charge in [0.15, 0.2) is 0 Å². The molecule has 8 nitrogen and oxygen atoms in total. The van der Waals surface area contributed by atoms with Gasteiger partial charge in [0.1, 0.15) is 17.6 Å². The molecule has 0 saturated carbocycles. The summed E-state index contributed by atoms with van der Waals surface area (Å²) >= 11 is 0. The van der Waals surface area contributed by atoms with Crippen molar-refractivity contribution in [2.45, 2.75) is 12.8 Å². The first-order chi connectivity index (χ1) is 9.52. The fourth-order valence-corrected chi connectivity index (χ4v) is 2.39. The molecule has 0 aliphatic carbocycles. The summed E-state index contributed by atoms with van der Waals surface area (Å²) < 4.78 is 0. The minimum atomic E-state index is -0.638. The van der Waals surface area contributed by atoms with E-state index in [2.05, 4.69) is 4.98 Å². The Hall–Kier alpha value is -2.22. The predicted molar refractivity (Wildman–Crippen MR) is 71.0 cm³/mol. The molecule has 2 heterocycles. The molecule has 0 spiro atoms. The third kappa shape index (κ3) is 2.85. The van der Waals surface area contributed by atoms with Crippen molar-refractivity contribution in [3.05, 3.63) is 27.9 Å². The van der Waals surface area contributed by atoms with Crippen LogP contribution in [0.4, 0.5) is 11.5 Å². The number of hydrogen-bond acceptors (Lipinski definition) is 6. The molecule has 108 valence electrons. The van der Waals surface area contributed by atoms with Crippen molar-refractivity contribution < 1.29 is 14.8 Å². The molecule has 1 aliphatic heterocycles. The van der Waals surface area contributed by atoms with Gasteiger partial charge < -0.3 is 15.7 Å². The standard InChI is InChI=1S/C12H16N4O4/c13-11-5-9(10(6-14-11)16(19)20)12(18)15-3-1-8(7-15)2-4-17/h5-6,8,17H,1-4,7H2,(H2,13,14). The van der Waals surface area contributed by atoms with E-state index in [0.717, 1.165) is 12.6 Å². The van der Waals surface area contributed by atoms with Crippen molar-refractivity contribution in [3.63, 3.8) is 0 Å². The number of nitrogen functional groups attached to an aromatic ring is 1. The van der Waals surface area contributed by atoms with E-state index in [1.807, 2.05) is 0 Å². The number of aliphatic hydroxyl groups is 1. The number of rotatable bonds is 4. The summed E-state index contributed by atoms with van der Waals surface area (Å²) in [4.78, 5) is 27.9. The number of likely N-dealkylation sites (tertiary alicyclic amines) is 1. The van der Waals surface area contributed by atoms with E-state index >= 15 is 0 Å². The van der Waals surface area contributed by atoms with Crippen molar-refractivity contribution in [2.75, 3.05) is 25.4 Å². The van der Waals surface area contributed by atoms with Crippen molar-refractivity contribution in [1.29, 1.82) is 0 Å². The predicted octanol–water partition coefficient (Wildman–Crippen LogP) is 0.417. The second kappa shape index (κ2) is 5.83. The van der Waals surface area contributed by atoms with Crippen molar-refractivity contribution in [1.82, 2.24) is 9.88 Å².